The van der Waals surface area contributed by atoms with Crippen LogP contribution < -0.4 is 40.6 Å². The number of nitrogens with zero attached hydrogens (tertiary/aromatic N) is 8. The fourth-order valence-corrected chi connectivity index (χ4v) is 20.4. The van der Waals surface area contributed by atoms with Gasteiger partial charge in [-0.25, -0.2) is 70.4 Å². The van der Waals surface area contributed by atoms with Crippen LogP contribution in [0, 0.1) is 87.6 Å². The first-order valence-electron chi connectivity index (χ1n) is 48.5. The van der Waals surface area contributed by atoms with Crippen molar-refractivity contribution < 1.29 is 107 Å². The van der Waals surface area contributed by atoms with Crippen LogP contribution in [0.2, 0.25) is 39.3 Å². The number of benzene rings is 9. The van der Waals surface area contributed by atoms with Crippen LogP contribution in [0.3, 0.4) is 0 Å². The Hall–Kier alpha value is -11.3. The van der Waals surface area contributed by atoms with Crippen molar-refractivity contribution >= 4 is 80.0 Å². The van der Waals surface area contributed by atoms with E-state index < -0.39 is 74.5 Å². The van der Waals surface area contributed by atoms with E-state index in [9.17, 15) is 44.7 Å². The quantitative estimate of drug-likeness (QED) is 0.0307. The molecule has 2 spiro atoms. The zero-order valence-corrected chi connectivity index (χ0v) is 86.6. The van der Waals surface area contributed by atoms with E-state index in [4.69, 9.17) is 79.0 Å². The van der Waals surface area contributed by atoms with Crippen molar-refractivity contribution in [2.24, 2.45) is 65.4 Å². The number of fused-ring (bicyclic) bond motifs is 7. The van der Waals surface area contributed by atoms with Crippen molar-refractivity contribution in [3.8, 4) is 79.4 Å². The fourth-order valence-electron chi connectivity index (χ4n) is 19.3. The number of Topliss-reactive ketones (excluding diaryl/α,β-unsaturated/α-hetero) is 2. The van der Waals surface area contributed by atoms with Gasteiger partial charge in [-0.2, -0.15) is 10.3 Å². The molecular formula is C107H121BrClF8N11O15Si2. The second-order valence-corrected chi connectivity index (χ2v) is 49.4. The molecule has 26 nitrogen and oxygen atoms in total. The molecule has 0 aliphatic carbocycles. The molecule has 21 rings (SSSR count). The highest BCUT2D eigenvalue weighted by molar-refractivity contribution is 9.10. The lowest BCUT2D eigenvalue weighted by Crippen LogP contribution is -2.44. The molecule has 0 saturated carbocycles. The highest BCUT2D eigenvalue weighted by atomic mass is 79.9. The van der Waals surface area contributed by atoms with Gasteiger partial charge < -0.3 is 64.0 Å². The number of carbonyl (C=O) groups excluding carboxylic acids is 2. The van der Waals surface area contributed by atoms with E-state index in [2.05, 4.69) is 85.5 Å². The standard InChI is InChI=1S/2C22H23F2N3O3.C21H18F2N2O2.C20H18F2O3.C14H15BrO3.C7H18N2Si2.CH5NO.ClH/c2*1-27-21(25)26-22(30-27)11-20(14-3-2-6-28-12-14)29-19-5-4-13(9-18(19)22)15-7-16(23)10-17(24)8-15;22-16-6-15(7-17(23)9-16)13-3-4-20-18(8-13)19(25-12-24)10-21(27-20)14-2-1-5-26-11-14;21-15-6-14(7-16(22)9-15)12-3-4-19-17(8-12)18(23)10-20(25-19)13-2-1-5-24-11-13;15-10-3-4-13-11(6-10)12(16)7-14(18-13)9-2-1-5-17-8-9;1-10(2,3)8-7-9-11(4,5)6;1-2-3;/h2*4-5,7-10,14,20H,2-3,6,11-12H2,1H3,(H2,25,26);3-4,6-9,14,21H,1-2,5,10-11H2;3-4,6-9,13,20H,1-2,5,10-11H2;3-4,6,9,14H,1-2,5,7-8H2;1-6H3;2-3H,1H3;1H/t14-,20+,22+;14-,20+,22-;14-,21+;13-,20+;9-,14+;;;/m11111.../s1. The number of nitrogens with one attached hydrogen (secondary N) is 1. The molecule has 6 N–H and O–H groups in total. The van der Waals surface area contributed by atoms with Gasteiger partial charge in [0.25, 0.3) is 0 Å². The maximum Gasteiger partial charge on any atom is 0.221 e. The summed E-state index contributed by atoms with van der Waals surface area (Å²) < 4.78 is 177. The number of nitriles is 1. The zero-order chi connectivity index (χ0) is 102. The smallest absolute Gasteiger partial charge is 0.221 e. The Balaban J connectivity index is 0.000000140. The van der Waals surface area contributed by atoms with Crippen LogP contribution in [-0.4, -0.2) is 185 Å². The van der Waals surface area contributed by atoms with Crippen molar-refractivity contribution in [3.05, 3.63) is 243 Å². The topological polar surface area (TPSA) is 321 Å². The highest BCUT2D eigenvalue weighted by Gasteiger charge is 2.53. The van der Waals surface area contributed by atoms with Crippen molar-refractivity contribution in [1.29, 1.82) is 5.26 Å². The molecule has 772 valence electrons. The first kappa shape index (κ1) is 109. The van der Waals surface area contributed by atoms with Gasteiger partial charge in [-0.3, -0.25) is 18.9 Å². The van der Waals surface area contributed by atoms with Gasteiger partial charge in [0.2, 0.25) is 29.6 Å². The number of nitrogens with two attached hydrogens (primary N) is 2. The minimum Gasteiger partial charge on any atom is -0.489 e. The molecule has 0 aromatic heterocycles. The van der Waals surface area contributed by atoms with E-state index in [1.165, 1.54) is 65.7 Å². The van der Waals surface area contributed by atoms with Gasteiger partial charge in [-0.1, -0.05) is 40.2 Å². The van der Waals surface area contributed by atoms with E-state index >= 15 is 0 Å². The SMILES string of the molecule is CN1O[C@@]2(C[C@@H]([C@@H]3CCCOC3)Oc3ccc(-c4cc(F)cc(F)c4)cc32)N=C1N.CN1O[C@]2(C[C@@H]([C@@H]3CCCOC3)Oc3ccc(-c4cc(F)cc(F)c4)cc32)N=C1N.CNO.C[Si](C)(C)N=C=N[Si](C)(C)C.Cl.N#CN=C1C[C@@H]([C@@H]2CCCOC2)Oc2ccc(-c3cc(F)cc(F)c3)cc21.O=C1C[C@@H]([C@@H]2CCCOC2)Oc2ccc(-c3cc(F)cc(F)c3)cc21.O=C1C[C@@H]([C@@H]2CCCOC2)Oc2ccc(Br)cc21. The number of ether oxygens (including phenoxy) is 10. The molecule has 5 saturated heterocycles. The predicted molar refractivity (Wildman–Crippen MR) is 544 cm³/mol. The van der Waals surface area contributed by atoms with Crippen LogP contribution in [0.1, 0.15) is 134 Å². The van der Waals surface area contributed by atoms with Crippen LogP contribution in [0.15, 0.2) is 193 Å². The molecule has 0 radical (unpaired) electrons. The van der Waals surface area contributed by atoms with Crippen LogP contribution in [0.25, 0.3) is 44.5 Å². The summed E-state index contributed by atoms with van der Waals surface area (Å²) in [5, 5.41) is 19.3. The second-order valence-electron chi connectivity index (χ2n) is 39.4. The monoisotopic (exact) mass is 2120 g/mol. The summed E-state index contributed by atoms with van der Waals surface area (Å²) in [5.41, 5.74) is 19.8. The van der Waals surface area contributed by atoms with Gasteiger partial charge >= 0.3 is 0 Å². The summed E-state index contributed by atoms with van der Waals surface area (Å²) in [4.78, 5) is 50.3. The van der Waals surface area contributed by atoms with Gasteiger partial charge in [-0.05, 0) is 263 Å². The largest absolute Gasteiger partial charge is 0.489 e. The third kappa shape index (κ3) is 28.4. The molecule has 12 atom stereocenters. The molecule has 12 heterocycles. The molecule has 12 aliphatic rings. The first-order chi connectivity index (χ1) is 69.0. The van der Waals surface area contributed by atoms with Gasteiger partial charge in [0.05, 0.1) is 67.0 Å². The molecule has 38 heteroatoms. The van der Waals surface area contributed by atoms with Gasteiger partial charge in [0.1, 0.15) is 106 Å². The van der Waals surface area contributed by atoms with Crippen LogP contribution in [-0.2, 0) is 44.8 Å². The summed E-state index contributed by atoms with van der Waals surface area (Å²) in [6, 6.07) is 43.2. The summed E-state index contributed by atoms with van der Waals surface area (Å²) >= 11 is 3.38. The lowest BCUT2D eigenvalue weighted by atomic mass is 9.84. The number of guanidine groups is 2. The Morgan fingerprint density at radius 2 is 0.697 bits per heavy atom. The molecule has 12 aliphatic heterocycles. The minimum atomic E-state index is -1.31. The lowest BCUT2D eigenvalue weighted by molar-refractivity contribution is -0.197. The predicted octanol–water partition coefficient (Wildman–Crippen LogP) is 22.0. The van der Waals surface area contributed by atoms with Gasteiger partial charge in [0, 0.05) is 150 Å². The fraction of sp³-hybridized carbons (Fsp3) is 0.430. The van der Waals surface area contributed by atoms with Crippen molar-refractivity contribution in [3.63, 3.8) is 0 Å². The molecule has 5 fully saturated rings. The molecular weight excluding hydrogens is 2000 g/mol. The minimum absolute atomic E-state index is 0. The lowest BCUT2D eigenvalue weighted by Gasteiger charge is -2.41. The molecule has 9 aromatic rings. The first-order valence-corrected chi connectivity index (χ1v) is 56.2. The number of hydrogen-bond acceptors (Lipinski definition) is 26. The molecule has 145 heavy (non-hydrogen) atoms. The van der Waals surface area contributed by atoms with E-state index in [1.54, 1.807) is 80.2 Å². The third-order valence-corrected chi connectivity index (χ3v) is 28.3. The summed E-state index contributed by atoms with van der Waals surface area (Å²) in [6.45, 7) is 20.2. The molecule has 0 unspecified atom stereocenters. The Labute approximate surface area is 854 Å². The van der Waals surface area contributed by atoms with Crippen molar-refractivity contribution in [2.45, 2.75) is 178 Å². The summed E-state index contributed by atoms with van der Waals surface area (Å²) in [5.74, 6) is 0.0255. The van der Waals surface area contributed by atoms with Crippen molar-refractivity contribution in [1.82, 2.24) is 15.6 Å². The normalized spacial score (nSPS) is 24.5. The molecule has 0 amide bonds. The average Bonchev–Trinajstić information content (AvgIpc) is 1.71. The Morgan fingerprint density at radius 3 is 1.00 bits per heavy atom. The van der Waals surface area contributed by atoms with E-state index in [0.29, 0.717) is 178 Å². The number of aliphatic imine (C=N–C) groups is 3. The van der Waals surface area contributed by atoms with Gasteiger partial charge in [0.15, 0.2) is 28.0 Å². The van der Waals surface area contributed by atoms with Crippen LogP contribution in [0.4, 0.5) is 35.1 Å². The number of halogens is 10. The van der Waals surface area contributed by atoms with Gasteiger partial charge in [-0.15, -0.1) is 12.4 Å². The van der Waals surface area contributed by atoms with Crippen LogP contribution >= 0.6 is 28.3 Å². The Morgan fingerprint density at radius 1 is 0.414 bits per heavy atom. The second kappa shape index (κ2) is 49.0. The number of rotatable bonds is 11. The maximum absolute atomic E-state index is 13.8. The van der Waals surface area contributed by atoms with E-state index in [1.807, 2.05) is 36.5 Å². The van der Waals surface area contributed by atoms with E-state index in [0.717, 1.165) is 126 Å². The third-order valence-electron chi connectivity index (χ3n) is 26.3. The zero-order valence-electron chi connectivity index (χ0n) is 82.2. The Kier molecular flexibility index (Phi) is 37.0. The number of hydroxylamine groups is 5. The average molecular weight is 2120 g/mol. The van der Waals surface area contributed by atoms with Crippen LogP contribution in [0.5, 0.6) is 28.7 Å². The number of ketones is 2. The van der Waals surface area contributed by atoms with Crippen molar-refractivity contribution in [2.75, 3.05) is 87.2 Å². The number of hydrogen-bond donors (Lipinski definition) is 4. The number of carbonyl (C=O) groups is 2. The molecule has 9 aromatic carbocycles. The Bertz CT molecular complexity index is 6050. The summed E-state index contributed by atoms with van der Waals surface area (Å²) in [6.07, 6.45) is 13.6. The highest BCUT2D eigenvalue weighted by Crippen LogP contribution is 2.52. The summed E-state index contributed by atoms with van der Waals surface area (Å²) in [7, 11) is 2.20. The maximum atomic E-state index is 13.8. The van der Waals surface area contributed by atoms with E-state index in [-0.39, 0.29) is 90.1 Å². The molecule has 0 bridgehead atoms.